The predicted octanol–water partition coefficient (Wildman–Crippen LogP) is 1.78. The van der Waals surface area contributed by atoms with Crippen molar-refractivity contribution in [2.45, 2.75) is 19.8 Å². The fourth-order valence-corrected chi connectivity index (χ4v) is 2.69. The number of carbonyl (C=O) groups excluding carboxylic acids is 2. The Labute approximate surface area is 117 Å². The Balaban J connectivity index is 1.75. The van der Waals surface area contributed by atoms with Crippen LogP contribution in [0.5, 0.6) is 0 Å². The molecule has 1 aliphatic heterocycles. The summed E-state index contributed by atoms with van der Waals surface area (Å²) in [5.41, 5.74) is 1.24. The lowest BCUT2D eigenvalue weighted by atomic mass is 9.93. The highest BCUT2D eigenvalue weighted by Gasteiger charge is 2.26. The Morgan fingerprint density at radius 1 is 1.25 bits per heavy atom. The van der Waals surface area contributed by atoms with Crippen LogP contribution >= 0.6 is 0 Å². The van der Waals surface area contributed by atoms with Gasteiger partial charge < -0.3 is 9.30 Å². The van der Waals surface area contributed by atoms with E-state index in [9.17, 15) is 9.59 Å². The number of carbonyl (C=O) groups is 2. The van der Waals surface area contributed by atoms with Gasteiger partial charge in [0.15, 0.2) is 0 Å². The van der Waals surface area contributed by atoms with E-state index in [1.165, 1.54) is 0 Å². The molecule has 0 bridgehead atoms. The van der Waals surface area contributed by atoms with Crippen LogP contribution in [0.4, 0.5) is 0 Å². The van der Waals surface area contributed by atoms with Crippen molar-refractivity contribution in [2.24, 2.45) is 5.92 Å². The summed E-state index contributed by atoms with van der Waals surface area (Å²) in [7, 11) is 0. The highest BCUT2D eigenvalue weighted by Crippen LogP contribution is 2.19. The lowest BCUT2D eigenvalue weighted by Gasteiger charge is -2.30. The number of fused-ring (bicyclic) bond motifs is 1. The summed E-state index contributed by atoms with van der Waals surface area (Å²) in [5.74, 6) is 0.292. The fourth-order valence-electron chi connectivity index (χ4n) is 2.69. The van der Waals surface area contributed by atoms with Crippen molar-refractivity contribution in [1.82, 2.24) is 14.3 Å². The van der Waals surface area contributed by atoms with Gasteiger partial charge in [0.05, 0.1) is 0 Å². The van der Waals surface area contributed by atoms with E-state index < -0.39 is 0 Å². The van der Waals surface area contributed by atoms with Crippen molar-refractivity contribution in [2.75, 3.05) is 13.1 Å². The lowest BCUT2D eigenvalue weighted by molar-refractivity contribution is -0.121. The highest BCUT2D eigenvalue weighted by molar-refractivity contribution is 5.93. The maximum absolute atomic E-state index is 12.4. The number of ketones is 1. The van der Waals surface area contributed by atoms with Crippen LogP contribution in [-0.4, -0.2) is 39.1 Å². The molecule has 5 heteroatoms. The first kappa shape index (κ1) is 12.8. The molecule has 5 nitrogen and oxygen atoms in total. The molecule has 20 heavy (non-hydrogen) atoms. The van der Waals surface area contributed by atoms with Crippen LogP contribution in [0.15, 0.2) is 30.6 Å². The number of aromatic nitrogens is 2. The van der Waals surface area contributed by atoms with Crippen LogP contribution < -0.4 is 0 Å². The average molecular weight is 271 g/mol. The molecule has 0 saturated carbocycles. The number of nitrogens with zero attached hydrogens (tertiary/aromatic N) is 3. The number of hydrogen-bond acceptors (Lipinski definition) is 3. The van der Waals surface area contributed by atoms with Crippen molar-refractivity contribution in [3.8, 4) is 0 Å². The van der Waals surface area contributed by atoms with Crippen molar-refractivity contribution < 1.29 is 9.59 Å². The monoisotopic (exact) mass is 271 g/mol. The van der Waals surface area contributed by atoms with E-state index in [2.05, 4.69) is 4.98 Å². The fraction of sp³-hybridized carbons (Fsp3) is 0.400. The maximum Gasteiger partial charge on any atom is 0.274 e. The van der Waals surface area contributed by atoms with Crippen molar-refractivity contribution in [1.29, 1.82) is 0 Å². The standard InChI is InChI=1S/C15H17N3O2/c1-11(19)12-5-8-17(9-6-12)15(20)13-10-18-7-3-2-4-14(18)16-13/h2-4,7,10,12H,5-6,8-9H2,1H3. The van der Waals surface area contributed by atoms with Gasteiger partial charge in [-0.15, -0.1) is 0 Å². The van der Waals surface area contributed by atoms with Gasteiger partial charge in [0.1, 0.15) is 17.1 Å². The molecule has 0 aliphatic carbocycles. The molecule has 2 aromatic heterocycles. The van der Waals surface area contributed by atoms with Crippen LogP contribution in [-0.2, 0) is 4.79 Å². The number of pyridine rings is 1. The summed E-state index contributed by atoms with van der Waals surface area (Å²) in [5, 5.41) is 0. The van der Waals surface area contributed by atoms with Crippen LogP contribution in [0.2, 0.25) is 0 Å². The van der Waals surface area contributed by atoms with E-state index >= 15 is 0 Å². The van der Waals surface area contributed by atoms with Gasteiger partial charge in [-0.2, -0.15) is 0 Å². The first-order valence-electron chi connectivity index (χ1n) is 6.88. The quantitative estimate of drug-likeness (QED) is 0.836. The minimum absolute atomic E-state index is 0.0456. The Morgan fingerprint density at radius 3 is 2.65 bits per heavy atom. The third kappa shape index (κ3) is 2.31. The van der Waals surface area contributed by atoms with Gasteiger partial charge in [-0.25, -0.2) is 4.98 Å². The summed E-state index contributed by atoms with van der Waals surface area (Å²) in [6.07, 6.45) is 5.15. The number of imidazole rings is 1. The average Bonchev–Trinajstić information content (AvgIpc) is 2.90. The normalized spacial score (nSPS) is 16.6. The molecule has 0 unspecified atom stereocenters. The molecular weight excluding hydrogens is 254 g/mol. The SMILES string of the molecule is CC(=O)C1CCN(C(=O)c2cn3ccccc3n2)CC1. The van der Waals surface area contributed by atoms with Gasteiger partial charge >= 0.3 is 0 Å². The number of hydrogen-bond donors (Lipinski definition) is 0. The second kappa shape index (κ2) is 5.07. The third-order valence-corrected chi connectivity index (χ3v) is 3.94. The van der Waals surface area contributed by atoms with Gasteiger partial charge in [0.25, 0.3) is 5.91 Å². The van der Waals surface area contributed by atoms with Crippen LogP contribution in [0, 0.1) is 5.92 Å². The summed E-state index contributed by atoms with van der Waals surface area (Å²) in [4.78, 5) is 29.9. The summed E-state index contributed by atoms with van der Waals surface area (Å²) < 4.78 is 1.84. The van der Waals surface area contributed by atoms with Crippen molar-refractivity contribution in [3.05, 3.63) is 36.3 Å². The largest absolute Gasteiger partial charge is 0.337 e. The summed E-state index contributed by atoms with van der Waals surface area (Å²) in [6, 6.07) is 5.68. The number of likely N-dealkylation sites (tertiary alicyclic amines) is 1. The first-order valence-corrected chi connectivity index (χ1v) is 6.88. The van der Waals surface area contributed by atoms with Crippen LogP contribution in [0.3, 0.4) is 0 Å². The Kier molecular flexibility index (Phi) is 3.26. The first-order chi connectivity index (χ1) is 9.65. The molecule has 1 fully saturated rings. The molecule has 1 saturated heterocycles. The number of amides is 1. The molecule has 0 atom stereocenters. The lowest BCUT2D eigenvalue weighted by Crippen LogP contribution is -2.40. The highest BCUT2D eigenvalue weighted by atomic mass is 16.2. The van der Waals surface area contributed by atoms with E-state index in [0.717, 1.165) is 18.5 Å². The van der Waals surface area contributed by atoms with Gasteiger partial charge in [-0.1, -0.05) is 6.07 Å². The van der Waals surface area contributed by atoms with Crippen LogP contribution in [0.25, 0.3) is 5.65 Å². The molecule has 1 amide bonds. The smallest absolute Gasteiger partial charge is 0.274 e. The minimum Gasteiger partial charge on any atom is -0.337 e. The van der Waals surface area contributed by atoms with Gasteiger partial charge in [0.2, 0.25) is 0 Å². The molecule has 0 aromatic carbocycles. The molecule has 2 aromatic rings. The molecular formula is C15H17N3O2. The second-order valence-corrected chi connectivity index (χ2v) is 5.27. The predicted molar refractivity (Wildman–Crippen MR) is 74.5 cm³/mol. The topological polar surface area (TPSA) is 54.7 Å². The summed E-state index contributed by atoms with van der Waals surface area (Å²) >= 11 is 0. The van der Waals surface area contributed by atoms with Gasteiger partial charge in [-0.3, -0.25) is 9.59 Å². The Hall–Kier alpha value is -2.17. The van der Waals surface area contributed by atoms with Gasteiger partial charge in [0, 0.05) is 31.4 Å². The van der Waals surface area contributed by atoms with Crippen LogP contribution in [0.1, 0.15) is 30.3 Å². The maximum atomic E-state index is 12.4. The van der Waals surface area contributed by atoms with Crippen molar-refractivity contribution >= 4 is 17.3 Å². The molecule has 0 radical (unpaired) electrons. The number of piperidine rings is 1. The zero-order valence-electron chi connectivity index (χ0n) is 11.5. The van der Waals surface area contributed by atoms with E-state index in [1.807, 2.05) is 28.8 Å². The zero-order chi connectivity index (χ0) is 14.1. The van der Waals surface area contributed by atoms with E-state index in [4.69, 9.17) is 0 Å². The molecule has 3 rings (SSSR count). The number of Topliss-reactive ketones (excluding diaryl/α,β-unsaturated/α-hetero) is 1. The van der Waals surface area contributed by atoms with E-state index in [1.54, 1.807) is 18.0 Å². The van der Waals surface area contributed by atoms with E-state index in [0.29, 0.717) is 18.8 Å². The van der Waals surface area contributed by atoms with Crippen molar-refractivity contribution in [3.63, 3.8) is 0 Å². The Morgan fingerprint density at radius 2 is 2.00 bits per heavy atom. The Bertz CT molecular complexity index is 621. The molecule has 1 aliphatic rings. The molecule has 3 heterocycles. The zero-order valence-corrected chi connectivity index (χ0v) is 11.5. The minimum atomic E-state index is -0.0456. The van der Waals surface area contributed by atoms with E-state index in [-0.39, 0.29) is 17.6 Å². The summed E-state index contributed by atoms with van der Waals surface area (Å²) in [6.45, 7) is 2.90. The third-order valence-electron chi connectivity index (χ3n) is 3.94. The van der Waals surface area contributed by atoms with Gasteiger partial charge in [-0.05, 0) is 31.9 Å². The second-order valence-electron chi connectivity index (χ2n) is 5.27. The molecule has 0 N–H and O–H groups in total. The molecule has 0 spiro atoms. The molecule has 104 valence electrons. The number of rotatable bonds is 2.